The highest BCUT2D eigenvalue weighted by atomic mass is 16.1. The fourth-order valence-electron chi connectivity index (χ4n) is 1.39. The lowest BCUT2D eigenvalue weighted by atomic mass is 10.1. The second-order valence-corrected chi connectivity index (χ2v) is 3.37. The van der Waals surface area contributed by atoms with Gasteiger partial charge in [0.05, 0.1) is 13.1 Å². The van der Waals surface area contributed by atoms with Crippen molar-refractivity contribution >= 4 is 11.6 Å². The first-order valence-electron chi connectivity index (χ1n) is 5.30. The van der Waals surface area contributed by atoms with E-state index in [1.165, 1.54) is 0 Å². The zero-order valence-electron chi connectivity index (χ0n) is 9.42. The van der Waals surface area contributed by atoms with Crippen LogP contribution < -0.4 is 10.6 Å². The first-order chi connectivity index (χ1) is 7.77. The van der Waals surface area contributed by atoms with Gasteiger partial charge >= 0.3 is 0 Å². The Bertz CT molecular complexity index is 393. The minimum atomic E-state index is -0.0730. The SMILES string of the molecule is C#CCNCC(=O)Nc1ccccc1CC. The zero-order valence-corrected chi connectivity index (χ0v) is 9.42. The number of aryl methyl sites for hydroxylation is 1. The summed E-state index contributed by atoms with van der Waals surface area (Å²) in [5.41, 5.74) is 2.00. The average Bonchev–Trinajstić information content (AvgIpc) is 2.30. The van der Waals surface area contributed by atoms with Crippen molar-refractivity contribution in [3.8, 4) is 12.3 Å². The molecule has 1 aromatic rings. The van der Waals surface area contributed by atoms with Gasteiger partial charge in [-0.15, -0.1) is 6.42 Å². The highest BCUT2D eigenvalue weighted by Gasteiger charge is 2.04. The topological polar surface area (TPSA) is 41.1 Å². The van der Waals surface area contributed by atoms with Gasteiger partial charge < -0.3 is 5.32 Å². The van der Waals surface area contributed by atoms with Crippen molar-refractivity contribution in [3.63, 3.8) is 0 Å². The molecule has 0 aliphatic carbocycles. The predicted octanol–water partition coefficient (Wildman–Crippen LogP) is 1.41. The van der Waals surface area contributed by atoms with E-state index < -0.39 is 0 Å². The van der Waals surface area contributed by atoms with E-state index in [-0.39, 0.29) is 12.5 Å². The van der Waals surface area contributed by atoms with Crippen LogP contribution in [0.5, 0.6) is 0 Å². The molecule has 3 nitrogen and oxygen atoms in total. The van der Waals surface area contributed by atoms with Gasteiger partial charge in [0.15, 0.2) is 0 Å². The summed E-state index contributed by atoms with van der Waals surface area (Å²) in [4.78, 5) is 11.5. The second-order valence-electron chi connectivity index (χ2n) is 3.37. The lowest BCUT2D eigenvalue weighted by molar-refractivity contribution is -0.115. The van der Waals surface area contributed by atoms with E-state index in [1.54, 1.807) is 0 Å². The molecule has 0 heterocycles. The quantitative estimate of drug-likeness (QED) is 0.577. The highest BCUT2D eigenvalue weighted by molar-refractivity contribution is 5.92. The van der Waals surface area contributed by atoms with Gasteiger partial charge in [-0.3, -0.25) is 10.1 Å². The van der Waals surface area contributed by atoms with Crippen molar-refractivity contribution in [1.82, 2.24) is 5.32 Å². The molecule has 0 aliphatic rings. The zero-order chi connectivity index (χ0) is 11.8. The van der Waals surface area contributed by atoms with E-state index in [2.05, 4.69) is 23.5 Å². The predicted molar refractivity (Wildman–Crippen MR) is 66.2 cm³/mol. The largest absolute Gasteiger partial charge is 0.325 e. The summed E-state index contributed by atoms with van der Waals surface area (Å²) in [6.07, 6.45) is 5.97. The van der Waals surface area contributed by atoms with Crippen LogP contribution in [0.25, 0.3) is 0 Å². The molecule has 1 aromatic carbocycles. The Hall–Kier alpha value is -1.79. The highest BCUT2D eigenvalue weighted by Crippen LogP contribution is 2.14. The molecule has 1 amide bonds. The number of rotatable bonds is 5. The summed E-state index contributed by atoms with van der Waals surface area (Å²) >= 11 is 0. The Morgan fingerprint density at radius 1 is 1.44 bits per heavy atom. The first kappa shape index (κ1) is 12.3. The van der Waals surface area contributed by atoms with Crippen molar-refractivity contribution in [2.75, 3.05) is 18.4 Å². The minimum Gasteiger partial charge on any atom is -0.325 e. The molecule has 2 N–H and O–H groups in total. The van der Waals surface area contributed by atoms with Crippen LogP contribution in [-0.2, 0) is 11.2 Å². The summed E-state index contributed by atoms with van der Waals surface area (Å²) in [5, 5.41) is 5.69. The van der Waals surface area contributed by atoms with E-state index in [9.17, 15) is 4.79 Å². The fourth-order valence-corrected chi connectivity index (χ4v) is 1.39. The van der Waals surface area contributed by atoms with E-state index in [1.807, 2.05) is 24.3 Å². The Morgan fingerprint density at radius 3 is 2.88 bits per heavy atom. The molecule has 0 unspecified atom stereocenters. The maximum absolute atomic E-state index is 11.5. The third-order valence-corrected chi connectivity index (χ3v) is 2.18. The molecule has 3 heteroatoms. The summed E-state index contributed by atoms with van der Waals surface area (Å²) < 4.78 is 0. The standard InChI is InChI=1S/C13H16N2O/c1-3-9-14-10-13(16)15-12-8-6-5-7-11(12)4-2/h1,5-8,14H,4,9-10H2,2H3,(H,15,16). The van der Waals surface area contributed by atoms with E-state index in [0.717, 1.165) is 17.7 Å². The number of anilines is 1. The summed E-state index contributed by atoms with van der Waals surface area (Å²) in [6, 6.07) is 7.77. The van der Waals surface area contributed by atoms with Crippen LogP contribution >= 0.6 is 0 Å². The molecular weight excluding hydrogens is 200 g/mol. The minimum absolute atomic E-state index is 0.0730. The molecule has 0 aliphatic heterocycles. The lowest BCUT2D eigenvalue weighted by Gasteiger charge is -2.09. The van der Waals surface area contributed by atoms with Crippen LogP contribution in [0.4, 0.5) is 5.69 Å². The third kappa shape index (κ3) is 3.76. The normalized spacial score (nSPS) is 9.50. The smallest absolute Gasteiger partial charge is 0.238 e. The molecule has 0 saturated carbocycles. The number of carbonyl (C=O) groups is 1. The molecule has 1 rings (SSSR count). The van der Waals surface area contributed by atoms with Gasteiger partial charge in [0, 0.05) is 5.69 Å². The molecule has 0 fully saturated rings. The molecule has 0 spiro atoms. The van der Waals surface area contributed by atoms with Gasteiger partial charge in [-0.05, 0) is 18.1 Å². The number of nitrogens with one attached hydrogen (secondary N) is 2. The van der Waals surface area contributed by atoms with Crippen molar-refractivity contribution in [2.45, 2.75) is 13.3 Å². The van der Waals surface area contributed by atoms with Crippen LogP contribution in [0.15, 0.2) is 24.3 Å². The second kappa shape index (κ2) is 6.65. The number of hydrogen-bond acceptors (Lipinski definition) is 2. The van der Waals surface area contributed by atoms with Gasteiger partial charge in [-0.1, -0.05) is 31.0 Å². The van der Waals surface area contributed by atoms with E-state index in [0.29, 0.717) is 6.54 Å². The molecular formula is C13H16N2O. The molecule has 0 bridgehead atoms. The van der Waals surface area contributed by atoms with Crippen LogP contribution in [0, 0.1) is 12.3 Å². The maximum atomic E-state index is 11.5. The summed E-state index contributed by atoms with van der Waals surface area (Å²) in [6.45, 7) is 2.70. The first-order valence-corrected chi connectivity index (χ1v) is 5.30. The molecule has 0 atom stereocenters. The number of benzene rings is 1. The van der Waals surface area contributed by atoms with Crippen LogP contribution in [0.2, 0.25) is 0 Å². The summed E-state index contributed by atoms with van der Waals surface area (Å²) in [5.74, 6) is 2.35. The fraction of sp³-hybridized carbons (Fsp3) is 0.308. The molecule has 0 saturated heterocycles. The van der Waals surface area contributed by atoms with E-state index >= 15 is 0 Å². The number of hydrogen-bond donors (Lipinski definition) is 2. The monoisotopic (exact) mass is 216 g/mol. The van der Waals surface area contributed by atoms with Crippen molar-refractivity contribution < 1.29 is 4.79 Å². The molecule has 16 heavy (non-hydrogen) atoms. The maximum Gasteiger partial charge on any atom is 0.238 e. The Balaban J connectivity index is 2.53. The van der Waals surface area contributed by atoms with Gasteiger partial charge in [0.1, 0.15) is 0 Å². The van der Waals surface area contributed by atoms with Crippen LogP contribution in [0.1, 0.15) is 12.5 Å². The lowest BCUT2D eigenvalue weighted by Crippen LogP contribution is -2.28. The molecule has 84 valence electrons. The Morgan fingerprint density at radius 2 is 2.19 bits per heavy atom. The van der Waals surface area contributed by atoms with Gasteiger partial charge in [0.2, 0.25) is 5.91 Å². The van der Waals surface area contributed by atoms with Crippen LogP contribution in [0.3, 0.4) is 0 Å². The number of terminal acetylenes is 1. The van der Waals surface area contributed by atoms with Gasteiger partial charge in [-0.2, -0.15) is 0 Å². The Labute approximate surface area is 96.2 Å². The van der Waals surface area contributed by atoms with E-state index in [4.69, 9.17) is 6.42 Å². The van der Waals surface area contributed by atoms with Crippen LogP contribution in [-0.4, -0.2) is 19.0 Å². The summed E-state index contributed by atoms with van der Waals surface area (Å²) in [7, 11) is 0. The molecule has 0 aromatic heterocycles. The van der Waals surface area contributed by atoms with Crippen molar-refractivity contribution in [2.24, 2.45) is 0 Å². The number of carbonyl (C=O) groups excluding carboxylic acids is 1. The van der Waals surface area contributed by atoms with Crippen molar-refractivity contribution in [1.29, 1.82) is 0 Å². The van der Waals surface area contributed by atoms with Gasteiger partial charge in [0.25, 0.3) is 0 Å². The number of amides is 1. The third-order valence-electron chi connectivity index (χ3n) is 2.18. The van der Waals surface area contributed by atoms with Gasteiger partial charge in [-0.25, -0.2) is 0 Å². The number of para-hydroxylation sites is 1. The van der Waals surface area contributed by atoms with Crippen molar-refractivity contribution in [3.05, 3.63) is 29.8 Å². The Kier molecular flexibility index (Phi) is 5.10. The molecule has 0 radical (unpaired) electrons. The average molecular weight is 216 g/mol.